The highest BCUT2D eigenvalue weighted by atomic mass is 16.6. The number of benzene rings is 1. The highest BCUT2D eigenvalue weighted by Gasteiger charge is 2.08. The Bertz CT molecular complexity index is 387. The first-order chi connectivity index (χ1) is 7.50. The number of hydrogen-bond donors (Lipinski definition) is 2. The van der Waals surface area contributed by atoms with Crippen molar-refractivity contribution in [3.8, 4) is 0 Å². The van der Waals surface area contributed by atoms with Gasteiger partial charge >= 0.3 is 0 Å². The van der Waals surface area contributed by atoms with Gasteiger partial charge in [0.15, 0.2) is 0 Å². The number of nitro benzene ring substituents is 1. The summed E-state index contributed by atoms with van der Waals surface area (Å²) in [4.78, 5) is 21.4. The minimum Gasteiger partial charge on any atom is -0.287 e. The summed E-state index contributed by atoms with van der Waals surface area (Å²) in [7, 11) is 0. The van der Waals surface area contributed by atoms with Crippen molar-refractivity contribution in [2.24, 2.45) is 0 Å². The van der Waals surface area contributed by atoms with E-state index in [1.165, 1.54) is 24.3 Å². The highest BCUT2D eigenvalue weighted by Crippen LogP contribution is 2.11. The molecule has 16 heavy (non-hydrogen) atoms. The van der Waals surface area contributed by atoms with E-state index < -0.39 is 4.92 Å². The molecule has 6 nitrogen and oxygen atoms in total. The van der Waals surface area contributed by atoms with Gasteiger partial charge in [-0.2, -0.15) is 0 Å². The van der Waals surface area contributed by atoms with Gasteiger partial charge in [0.1, 0.15) is 0 Å². The maximum absolute atomic E-state index is 11.5. The van der Waals surface area contributed by atoms with E-state index in [0.29, 0.717) is 5.56 Å². The number of hydrogen-bond acceptors (Lipinski definition) is 4. The largest absolute Gasteiger partial charge is 0.287 e. The van der Waals surface area contributed by atoms with Gasteiger partial charge in [-0.15, -0.1) is 0 Å². The van der Waals surface area contributed by atoms with E-state index >= 15 is 0 Å². The van der Waals surface area contributed by atoms with E-state index in [1.54, 1.807) is 0 Å². The molecule has 0 aliphatic carbocycles. The lowest BCUT2D eigenvalue weighted by Crippen LogP contribution is -2.41. The second kappa shape index (κ2) is 5.22. The first kappa shape index (κ1) is 12.1. The number of carbonyl (C=O) groups is 1. The molecule has 0 bridgehead atoms. The molecule has 0 unspecified atom stereocenters. The van der Waals surface area contributed by atoms with E-state index in [2.05, 4.69) is 10.9 Å². The van der Waals surface area contributed by atoms with Crippen LogP contribution in [-0.2, 0) is 0 Å². The Balaban J connectivity index is 2.67. The van der Waals surface area contributed by atoms with Crippen LogP contribution < -0.4 is 10.9 Å². The third-order valence-electron chi connectivity index (χ3n) is 1.81. The number of hydrazine groups is 1. The summed E-state index contributed by atoms with van der Waals surface area (Å²) < 4.78 is 0. The molecule has 0 atom stereocenters. The quantitative estimate of drug-likeness (QED) is 0.594. The Hall–Kier alpha value is -1.95. The number of carbonyl (C=O) groups excluding carboxylic acids is 1. The molecule has 0 radical (unpaired) electrons. The van der Waals surface area contributed by atoms with Crippen molar-refractivity contribution < 1.29 is 9.72 Å². The topological polar surface area (TPSA) is 84.3 Å². The lowest BCUT2D eigenvalue weighted by Gasteiger charge is -2.09. The van der Waals surface area contributed by atoms with Gasteiger partial charge in [0, 0.05) is 23.7 Å². The first-order valence-corrected chi connectivity index (χ1v) is 4.81. The SMILES string of the molecule is CC(C)NNC(=O)c1ccc([N+](=O)[O-])cc1. The number of nitro groups is 1. The molecule has 6 heteroatoms. The van der Waals surface area contributed by atoms with Crippen molar-refractivity contribution in [2.45, 2.75) is 19.9 Å². The second-order valence-electron chi connectivity index (χ2n) is 3.56. The zero-order valence-corrected chi connectivity index (χ0v) is 9.06. The molecule has 1 aromatic rings. The molecule has 0 spiro atoms. The summed E-state index contributed by atoms with van der Waals surface area (Å²) in [5.74, 6) is -0.316. The average Bonchev–Trinajstić information content (AvgIpc) is 2.26. The van der Waals surface area contributed by atoms with Crippen LogP contribution in [0.3, 0.4) is 0 Å². The van der Waals surface area contributed by atoms with Crippen molar-refractivity contribution in [3.05, 3.63) is 39.9 Å². The third kappa shape index (κ3) is 3.32. The van der Waals surface area contributed by atoms with Crippen molar-refractivity contribution in [1.29, 1.82) is 0 Å². The molecule has 1 amide bonds. The Morgan fingerprint density at radius 1 is 1.31 bits per heavy atom. The molecule has 0 aliphatic heterocycles. The van der Waals surface area contributed by atoms with Crippen LogP contribution >= 0.6 is 0 Å². The summed E-state index contributed by atoms with van der Waals surface area (Å²) in [6.45, 7) is 3.77. The monoisotopic (exact) mass is 223 g/mol. The first-order valence-electron chi connectivity index (χ1n) is 4.81. The van der Waals surface area contributed by atoms with Gasteiger partial charge < -0.3 is 0 Å². The Morgan fingerprint density at radius 2 is 1.88 bits per heavy atom. The summed E-state index contributed by atoms with van der Waals surface area (Å²) in [5.41, 5.74) is 5.58. The summed E-state index contributed by atoms with van der Waals surface area (Å²) in [6, 6.07) is 5.54. The van der Waals surface area contributed by atoms with Crippen LogP contribution in [0.4, 0.5) is 5.69 Å². The van der Waals surface area contributed by atoms with Gasteiger partial charge in [0.25, 0.3) is 11.6 Å². The highest BCUT2D eigenvalue weighted by molar-refractivity contribution is 5.94. The molecule has 0 saturated heterocycles. The fraction of sp³-hybridized carbons (Fsp3) is 0.300. The summed E-state index contributed by atoms with van der Waals surface area (Å²) >= 11 is 0. The Kier molecular flexibility index (Phi) is 3.96. The molecule has 1 rings (SSSR count). The number of non-ortho nitro benzene ring substituents is 1. The number of rotatable bonds is 4. The molecular formula is C10H13N3O3. The minimum atomic E-state index is -0.506. The average molecular weight is 223 g/mol. The lowest BCUT2D eigenvalue weighted by atomic mass is 10.2. The van der Waals surface area contributed by atoms with E-state index in [0.717, 1.165) is 0 Å². The second-order valence-corrected chi connectivity index (χ2v) is 3.56. The van der Waals surface area contributed by atoms with Crippen LogP contribution in [0.5, 0.6) is 0 Å². The van der Waals surface area contributed by atoms with Gasteiger partial charge in [-0.05, 0) is 26.0 Å². The fourth-order valence-electron chi connectivity index (χ4n) is 1.02. The predicted molar refractivity (Wildman–Crippen MR) is 58.8 cm³/mol. The molecule has 0 aromatic heterocycles. The maximum Gasteiger partial charge on any atom is 0.269 e. The molecule has 0 aliphatic rings. The molecule has 0 saturated carbocycles. The Morgan fingerprint density at radius 3 is 2.31 bits per heavy atom. The van der Waals surface area contributed by atoms with Crippen molar-refractivity contribution in [3.63, 3.8) is 0 Å². The molecule has 0 heterocycles. The normalized spacial score (nSPS) is 10.2. The summed E-state index contributed by atoms with van der Waals surface area (Å²) in [5, 5.41) is 10.4. The van der Waals surface area contributed by atoms with Gasteiger partial charge in [-0.3, -0.25) is 20.3 Å². The Labute approximate surface area is 92.8 Å². The maximum atomic E-state index is 11.5. The van der Waals surface area contributed by atoms with Crippen LogP contribution in [-0.4, -0.2) is 16.9 Å². The zero-order valence-electron chi connectivity index (χ0n) is 9.06. The molecular weight excluding hydrogens is 210 g/mol. The van der Waals surface area contributed by atoms with Gasteiger partial charge in [0.05, 0.1) is 4.92 Å². The predicted octanol–water partition coefficient (Wildman–Crippen LogP) is 1.24. The van der Waals surface area contributed by atoms with Gasteiger partial charge in [-0.25, -0.2) is 5.43 Å². The van der Waals surface area contributed by atoms with Crippen LogP contribution in [0.25, 0.3) is 0 Å². The molecule has 86 valence electrons. The molecule has 1 aromatic carbocycles. The van der Waals surface area contributed by atoms with Crippen molar-refractivity contribution in [1.82, 2.24) is 10.9 Å². The fourth-order valence-corrected chi connectivity index (χ4v) is 1.02. The summed E-state index contributed by atoms with van der Waals surface area (Å²) in [6.07, 6.45) is 0. The lowest BCUT2D eigenvalue weighted by molar-refractivity contribution is -0.384. The number of nitrogens with zero attached hydrogens (tertiary/aromatic N) is 1. The van der Waals surface area contributed by atoms with Crippen molar-refractivity contribution in [2.75, 3.05) is 0 Å². The molecule has 0 fully saturated rings. The number of nitrogens with one attached hydrogen (secondary N) is 2. The van der Waals surface area contributed by atoms with Crippen LogP contribution in [0.1, 0.15) is 24.2 Å². The molecule has 2 N–H and O–H groups in total. The third-order valence-corrected chi connectivity index (χ3v) is 1.81. The van der Waals surface area contributed by atoms with Gasteiger partial charge in [0.2, 0.25) is 0 Å². The van der Waals surface area contributed by atoms with Crippen LogP contribution in [0.15, 0.2) is 24.3 Å². The van der Waals surface area contributed by atoms with E-state index in [-0.39, 0.29) is 17.6 Å². The number of amides is 1. The smallest absolute Gasteiger partial charge is 0.269 e. The standard InChI is InChI=1S/C10H13N3O3/c1-7(2)11-12-10(14)8-3-5-9(6-4-8)13(15)16/h3-7,11H,1-2H3,(H,12,14). The van der Waals surface area contributed by atoms with Crippen LogP contribution in [0, 0.1) is 10.1 Å². The van der Waals surface area contributed by atoms with E-state index in [1.807, 2.05) is 13.8 Å². The van der Waals surface area contributed by atoms with E-state index in [9.17, 15) is 14.9 Å². The van der Waals surface area contributed by atoms with E-state index in [4.69, 9.17) is 0 Å². The van der Waals surface area contributed by atoms with Crippen LogP contribution in [0.2, 0.25) is 0 Å². The zero-order chi connectivity index (χ0) is 12.1. The van der Waals surface area contributed by atoms with Crippen molar-refractivity contribution >= 4 is 11.6 Å². The van der Waals surface area contributed by atoms with Gasteiger partial charge in [-0.1, -0.05) is 0 Å². The minimum absolute atomic E-state index is 0.0339.